The summed E-state index contributed by atoms with van der Waals surface area (Å²) < 4.78 is 50.5. The molecule has 0 atom stereocenters. The topological polar surface area (TPSA) is 92.8 Å². The van der Waals surface area contributed by atoms with E-state index in [1.165, 1.54) is 31.5 Å². The van der Waals surface area contributed by atoms with E-state index in [1.54, 1.807) is 6.07 Å². The number of fused-ring (bicyclic) bond motifs is 1. The van der Waals surface area contributed by atoms with Crippen LogP contribution in [0.25, 0.3) is 22.0 Å². The molecule has 11 heteroatoms. The highest BCUT2D eigenvalue weighted by molar-refractivity contribution is 9.10. The van der Waals surface area contributed by atoms with Gasteiger partial charge in [0.1, 0.15) is 5.69 Å². The first kappa shape index (κ1) is 28.6. The largest absolute Gasteiger partial charge is 0.493 e. The first-order chi connectivity index (χ1) is 20.1. The molecular weight excluding hydrogens is 615 g/mol. The van der Waals surface area contributed by atoms with Crippen LogP contribution in [0.2, 0.25) is 0 Å². The van der Waals surface area contributed by atoms with E-state index in [0.29, 0.717) is 17.3 Å². The molecule has 0 aliphatic rings. The van der Waals surface area contributed by atoms with E-state index in [9.17, 15) is 22.8 Å². The van der Waals surface area contributed by atoms with Crippen LogP contribution in [0.3, 0.4) is 0 Å². The van der Waals surface area contributed by atoms with Gasteiger partial charge in [0.15, 0.2) is 11.5 Å². The summed E-state index contributed by atoms with van der Waals surface area (Å²) in [5.41, 5.74) is 4.50. The molecule has 0 aliphatic heterocycles. The molecule has 2 N–H and O–H groups in total. The van der Waals surface area contributed by atoms with Gasteiger partial charge in [-0.3, -0.25) is 4.79 Å². The third-order valence-corrected chi connectivity index (χ3v) is 6.74. The zero-order valence-corrected chi connectivity index (χ0v) is 23.4. The predicted octanol–water partition coefficient (Wildman–Crippen LogP) is 7.61. The highest BCUT2D eigenvalue weighted by atomic mass is 79.9. The van der Waals surface area contributed by atoms with Gasteiger partial charge in [0.2, 0.25) is 0 Å². The fraction of sp³-hybridized carbons (Fsp3) is 0.0645. The molecule has 7 nitrogen and oxygen atoms in total. The minimum absolute atomic E-state index is 0.00200. The first-order valence-corrected chi connectivity index (χ1v) is 13.2. The number of alkyl halides is 3. The molecule has 1 heterocycles. The van der Waals surface area contributed by atoms with E-state index < -0.39 is 23.6 Å². The third-order valence-electron chi connectivity index (χ3n) is 6.25. The number of nitrogens with one attached hydrogen (secondary N) is 2. The number of H-pyrrole nitrogens is 1. The third kappa shape index (κ3) is 6.21. The molecule has 4 aromatic carbocycles. The number of nitrogens with zero attached hydrogens (tertiary/aromatic N) is 1. The van der Waals surface area contributed by atoms with Gasteiger partial charge in [-0.15, -0.1) is 0 Å². The quantitative estimate of drug-likeness (QED) is 0.0833. The summed E-state index contributed by atoms with van der Waals surface area (Å²) in [6.45, 7) is 0. The molecule has 1 aromatic heterocycles. The molecule has 0 unspecified atom stereocenters. The summed E-state index contributed by atoms with van der Waals surface area (Å²) in [5.74, 6) is -1.31. The molecule has 5 rings (SSSR count). The van der Waals surface area contributed by atoms with Gasteiger partial charge in [0, 0.05) is 20.9 Å². The maximum Gasteiger partial charge on any atom is 0.416 e. The molecule has 0 radical (unpaired) electrons. The number of aromatic amines is 1. The molecule has 0 fully saturated rings. The highest BCUT2D eigenvalue weighted by Crippen LogP contribution is 2.34. The Morgan fingerprint density at radius 2 is 1.71 bits per heavy atom. The molecular formula is C31H21BrF3N3O4. The monoisotopic (exact) mass is 635 g/mol. The van der Waals surface area contributed by atoms with Crippen molar-refractivity contribution in [2.75, 3.05) is 7.11 Å². The number of rotatable bonds is 7. The summed E-state index contributed by atoms with van der Waals surface area (Å²) in [7, 11) is 1.35. The predicted molar refractivity (Wildman–Crippen MR) is 156 cm³/mol. The number of carbonyl (C=O) groups excluding carboxylic acids is 2. The van der Waals surface area contributed by atoms with Crippen LogP contribution < -0.4 is 14.9 Å². The number of aromatic nitrogens is 1. The van der Waals surface area contributed by atoms with Crippen molar-refractivity contribution in [3.8, 4) is 22.6 Å². The number of hydrogen-bond acceptors (Lipinski definition) is 5. The van der Waals surface area contributed by atoms with Gasteiger partial charge in [0.25, 0.3) is 5.91 Å². The average Bonchev–Trinajstić information content (AvgIpc) is 3.36. The molecule has 212 valence electrons. The van der Waals surface area contributed by atoms with Crippen molar-refractivity contribution in [1.82, 2.24) is 10.4 Å². The number of carbonyl (C=O) groups is 2. The van der Waals surface area contributed by atoms with E-state index in [4.69, 9.17) is 9.47 Å². The van der Waals surface area contributed by atoms with Crippen LogP contribution in [-0.4, -0.2) is 30.2 Å². The number of methoxy groups -OCH3 is 1. The van der Waals surface area contributed by atoms with Gasteiger partial charge >= 0.3 is 12.1 Å². The number of halogens is 4. The van der Waals surface area contributed by atoms with E-state index in [2.05, 4.69) is 31.4 Å². The number of benzene rings is 4. The van der Waals surface area contributed by atoms with Crippen molar-refractivity contribution in [3.05, 3.63) is 118 Å². The summed E-state index contributed by atoms with van der Waals surface area (Å²) in [5, 5.41) is 4.93. The lowest BCUT2D eigenvalue weighted by Gasteiger charge is -2.11. The molecule has 0 bridgehead atoms. The van der Waals surface area contributed by atoms with Crippen LogP contribution in [0.4, 0.5) is 13.2 Å². The average molecular weight is 636 g/mol. The second-order valence-corrected chi connectivity index (χ2v) is 9.92. The second-order valence-electron chi connectivity index (χ2n) is 9.01. The van der Waals surface area contributed by atoms with Crippen LogP contribution in [0.5, 0.6) is 11.5 Å². The van der Waals surface area contributed by atoms with E-state index >= 15 is 0 Å². The fourth-order valence-corrected chi connectivity index (χ4v) is 4.65. The van der Waals surface area contributed by atoms with Crippen LogP contribution in [0, 0.1) is 0 Å². The second kappa shape index (κ2) is 11.9. The van der Waals surface area contributed by atoms with Gasteiger partial charge in [-0.2, -0.15) is 18.3 Å². The van der Waals surface area contributed by atoms with Crippen LogP contribution in [0.15, 0.2) is 101 Å². The van der Waals surface area contributed by atoms with Crippen molar-refractivity contribution in [2.24, 2.45) is 5.10 Å². The molecule has 42 heavy (non-hydrogen) atoms. The Hall–Kier alpha value is -4.90. The normalized spacial score (nSPS) is 11.5. The number of amides is 1. The summed E-state index contributed by atoms with van der Waals surface area (Å²) >= 11 is 3.49. The smallest absolute Gasteiger partial charge is 0.416 e. The lowest BCUT2D eigenvalue weighted by molar-refractivity contribution is -0.137. The van der Waals surface area contributed by atoms with Gasteiger partial charge in [-0.05, 0) is 65.7 Å². The lowest BCUT2D eigenvalue weighted by atomic mass is 10.0. The minimum atomic E-state index is -4.60. The molecule has 5 aromatic rings. The highest BCUT2D eigenvalue weighted by Gasteiger charge is 2.31. The number of hydrazone groups is 1. The summed E-state index contributed by atoms with van der Waals surface area (Å²) in [4.78, 5) is 28.9. The molecule has 0 spiro atoms. The molecule has 1 amide bonds. The lowest BCUT2D eigenvalue weighted by Crippen LogP contribution is -2.18. The first-order valence-electron chi connectivity index (χ1n) is 12.4. The maximum absolute atomic E-state index is 13.2. The Balaban J connectivity index is 1.33. The van der Waals surface area contributed by atoms with Crippen molar-refractivity contribution >= 4 is 44.9 Å². The SMILES string of the molecule is COc1cc(C=NNC(=O)c2[nH]c3ccc(Br)cc3c2-c2ccccc2)ccc1OC(=O)c1cccc(C(F)(F)F)c1. The molecule has 0 aliphatic carbocycles. The van der Waals surface area contributed by atoms with E-state index in [-0.39, 0.29) is 17.1 Å². The van der Waals surface area contributed by atoms with Crippen LogP contribution >= 0.6 is 15.9 Å². The Labute approximate surface area is 246 Å². The van der Waals surface area contributed by atoms with Crippen molar-refractivity contribution in [1.29, 1.82) is 0 Å². The van der Waals surface area contributed by atoms with Crippen molar-refractivity contribution in [2.45, 2.75) is 6.18 Å². The zero-order valence-electron chi connectivity index (χ0n) is 21.8. The fourth-order valence-electron chi connectivity index (χ4n) is 4.29. The van der Waals surface area contributed by atoms with E-state index in [0.717, 1.165) is 38.6 Å². The molecule has 0 saturated carbocycles. The van der Waals surface area contributed by atoms with E-state index in [1.807, 2.05) is 48.5 Å². The van der Waals surface area contributed by atoms with Gasteiger partial charge in [0.05, 0.1) is 24.5 Å². The minimum Gasteiger partial charge on any atom is -0.493 e. The maximum atomic E-state index is 13.2. The zero-order chi connectivity index (χ0) is 29.9. The van der Waals surface area contributed by atoms with Gasteiger partial charge < -0.3 is 14.5 Å². The number of ether oxygens (including phenoxy) is 2. The van der Waals surface area contributed by atoms with Crippen LogP contribution in [-0.2, 0) is 6.18 Å². The van der Waals surface area contributed by atoms with Gasteiger partial charge in [-0.1, -0.05) is 52.3 Å². The molecule has 0 saturated heterocycles. The summed E-state index contributed by atoms with van der Waals surface area (Å²) in [6.07, 6.45) is -3.22. The number of esters is 1. The Bertz CT molecular complexity index is 1820. The van der Waals surface area contributed by atoms with Crippen molar-refractivity contribution in [3.63, 3.8) is 0 Å². The van der Waals surface area contributed by atoms with Gasteiger partial charge in [-0.25, -0.2) is 10.2 Å². The number of hydrogen-bond donors (Lipinski definition) is 2. The van der Waals surface area contributed by atoms with Crippen LogP contribution in [0.1, 0.15) is 32.0 Å². The van der Waals surface area contributed by atoms with Crippen molar-refractivity contribution < 1.29 is 32.2 Å². The Kier molecular flexibility index (Phi) is 8.12. The summed E-state index contributed by atoms with van der Waals surface area (Å²) in [6, 6.07) is 23.6. The Morgan fingerprint density at radius 1 is 0.929 bits per heavy atom. The Morgan fingerprint density at radius 3 is 2.45 bits per heavy atom. The standard InChI is InChI=1S/C31H21BrF3N3O4/c1-41-26-14-18(10-13-25(26)42-30(40)20-8-5-9-21(15-20)31(33,34)35)17-36-38-29(39)28-27(19-6-3-2-4-7-19)23-16-22(32)11-12-24(23)37-28/h2-17,37H,1H3,(H,38,39).